The fourth-order valence-electron chi connectivity index (χ4n) is 3.83. The first-order chi connectivity index (χ1) is 12.9. The summed E-state index contributed by atoms with van der Waals surface area (Å²) in [5, 5.41) is 14.6. The number of nitriles is 1. The van der Waals surface area contributed by atoms with Crippen LogP contribution in [0.5, 0.6) is 0 Å². The number of anilines is 2. The minimum absolute atomic E-state index is 0.147. The first-order valence-corrected chi connectivity index (χ1v) is 9.32. The number of carbonyl (C=O) groups is 1. The molecule has 2 unspecified atom stereocenters. The van der Waals surface area contributed by atoms with Gasteiger partial charge in [-0.05, 0) is 43.9 Å². The van der Waals surface area contributed by atoms with Crippen LogP contribution in [-0.2, 0) is 6.18 Å². The lowest BCUT2D eigenvalue weighted by atomic mass is 9.85. The molecule has 3 rings (SSSR count). The van der Waals surface area contributed by atoms with Crippen molar-refractivity contribution in [3.63, 3.8) is 0 Å². The molecule has 2 N–H and O–H groups in total. The average Bonchev–Trinajstić information content (AvgIpc) is 3.15. The summed E-state index contributed by atoms with van der Waals surface area (Å²) in [5.74, 6) is -0.260. The minimum Gasteiger partial charge on any atom is -0.370 e. The van der Waals surface area contributed by atoms with E-state index in [1.54, 1.807) is 0 Å². The van der Waals surface area contributed by atoms with Gasteiger partial charge >= 0.3 is 12.2 Å². The normalized spacial score (nSPS) is 23.0. The van der Waals surface area contributed by atoms with Crippen LogP contribution in [0, 0.1) is 17.2 Å². The van der Waals surface area contributed by atoms with Crippen molar-refractivity contribution in [2.75, 3.05) is 23.3 Å². The van der Waals surface area contributed by atoms with Crippen LogP contribution < -0.4 is 15.5 Å². The van der Waals surface area contributed by atoms with Gasteiger partial charge in [0, 0.05) is 19.1 Å². The quantitative estimate of drug-likeness (QED) is 0.811. The lowest BCUT2D eigenvalue weighted by molar-refractivity contribution is -0.137. The second kappa shape index (κ2) is 8.07. The number of nitrogens with one attached hydrogen (secondary N) is 2. The number of rotatable bonds is 3. The highest BCUT2D eigenvalue weighted by Crippen LogP contribution is 2.36. The molecule has 1 aromatic carbocycles. The Bertz CT molecular complexity index is 723. The van der Waals surface area contributed by atoms with E-state index in [0.717, 1.165) is 57.3 Å². The van der Waals surface area contributed by atoms with E-state index in [1.165, 1.54) is 6.07 Å². The maximum Gasteiger partial charge on any atom is 0.416 e. The number of alkyl halides is 3. The number of hydrogen-bond donors (Lipinski definition) is 2. The molecule has 2 atom stereocenters. The summed E-state index contributed by atoms with van der Waals surface area (Å²) in [6.45, 7) is 1.50. The van der Waals surface area contributed by atoms with Crippen LogP contribution in [-0.4, -0.2) is 25.2 Å². The van der Waals surface area contributed by atoms with Crippen LogP contribution in [0.25, 0.3) is 0 Å². The molecule has 1 aliphatic carbocycles. The molecular formula is C19H23F3N4O. The van der Waals surface area contributed by atoms with Crippen LogP contribution in [0.3, 0.4) is 0 Å². The highest BCUT2D eigenvalue weighted by molar-refractivity contribution is 5.93. The Balaban J connectivity index is 1.78. The van der Waals surface area contributed by atoms with Crippen molar-refractivity contribution in [1.29, 1.82) is 5.26 Å². The van der Waals surface area contributed by atoms with E-state index >= 15 is 0 Å². The number of carbonyl (C=O) groups excluding carboxylic acids is 1. The van der Waals surface area contributed by atoms with Crippen LogP contribution in [0.1, 0.15) is 44.1 Å². The van der Waals surface area contributed by atoms with Crippen LogP contribution in [0.4, 0.5) is 29.3 Å². The number of amides is 2. The number of hydrogen-bond acceptors (Lipinski definition) is 3. The van der Waals surface area contributed by atoms with E-state index in [0.29, 0.717) is 12.1 Å². The third-order valence-electron chi connectivity index (χ3n) is 5.27. The maximum atomic E-state index is 13.1. The lowest BCUT2D eigenvalue weighted by Gasteiger charge is -2.28. The molecule has 0 radical (unpaired) electrons. The van der Waals surface area contributed by atoms with Crippen molar-refractivity contribution >= 4 is 17.4 Å². The summed E-state index contributed by atoms with van der Waals surface area (Å²) < 4.78 is 39.3. The molecule has 146 valence electrons. The molecule has 1 aliphatic heterocycles. The summed E-state index contributed by atoms with van der Waals surface area (Å²) in [4.78, 5) is 14.4. The summed E-state index contributed by atoms with van der Waals surface area (Å²) >= 11 is 0. The number of benzene rings is 1. The number of urea groups is 1. The van der Waals surface area contributed by atoms with Crippen molar-refractivity contribution in [2.45, 2.75) is 50.7 Å². The summed E-state index contributed by atoms with van der Waals surface area (Å²) in [6.07, 6.45) is 0.761. The van der Waals surface area contributed by atoms with Gasteiger partial charge in [0.2, 0.25) is 0 Å². The van der Waals surface area contributed by atoms with E-state index in [-0.39, 0.29) is 17.6 Å². The van der Waals surface area contributed by atoms with E-state index < -0.39 is 17.8 Å². The van der Waals surface area contributed by atoms with E-state index in [2.05, 4.69) is 16.7 Å². The van der Waals surface area contributed by atoms with Crippen molar-refractivity contribution in [3.8, 4) is 6.07 Å². The molecule has 5 nitrogen and oxygen atoms in total. The predicted octanol–water partition coefficient (Wildman–Crippen LogP) is 4.51. The Morgan fingerprint density at radius 3 is 2.52 bits per heavy atom. The maximum absolute atomic E-state index is 13.1. The summed E-state index contributed by atoms with van der Waals surface area (Å²) in [5.41, 5.74) is -0.0574. The predicted molar refractivity (Wildman–Crippen MR) is 96.4 cm³/mol. The smallest absolute Gasteiger partial charge is 0.370 e. The number of nitrogens with zero attached hydrogens (tertiary/aromatic N) is 2. The Labute approximate surface area is 156 Å². The largest absolute Gasteiger partial charge is 0.416 e. The van der Waals surface area contributed by atoms with Gasteiger partial charge in [-0.1, -0.05) is 12.8 Å². The molecule has 0 spiro atoms. The van der Waals surface area contributed by atoms with Crippen molar-refractivity contribution in [1.82, 2.24) is 5.32 Å². The first-order valence-electron chi connectivity index (χ1n) is 9.32. The molecule has 0 bridgehead atoms. The zero-order valence-electron chi connectivity index (χ0n) is 15.0. The highest BCUT2D eigenvalue weighted by Gasteiger charge is 2.32. The van der Waals surface area contributed by atoms with Crippen molar-refractivity contribution in [2.24, 2.45) is 5.92 Å². The lowest BCUT2D eigenvalue weighted by Crippen LogP contribution is -2.43. The minimum atomic E-state index is -4.48. The molecule has 2 aliphatic rings. The van der Waals surface area contributed by atoms with E-state index in [9.17, 15) is 23.2 Å². The molecule has 1 heterocycles. The molecule has 2 amide bonds. The van der Waals surface area contributed by atoms with Gasteiger partial charge in [0.25, 0.3) is 0 Å². The van der Waals surface area contributed by atoms with Crippen molar-refractivity contribution in [3.05, 3.63) is 23.8 Å². The Kier molecular flexibility index (Phi) is 5.78. The zero-order valence-corrected chi connectivity index (χ0v) is 15.0. The van der Waals surface area contributed by atoms with Crippen LogP contribution >= 0.6 is 0 Å². The van der Waals surface area contributed by atoms with Gasteiger partial charge in [0.1, 0.15) is 0 Å². The highest BCUT2D eigenvalue weighted by atomic mass is 19.4. The van der Waals surface area contributed by atoms with Gasteiger partial charge in [0.15, 0.2) is 0 Å². The van der Waals surface area contributed by atoms with E-state index in [1.807, 2.05) is 4.90 Å². The summed E-state index contributed by atoms with van der Waals surface area (Å²) in [7, 11) is 0. The average molecular weight is 380 g/mol. The van der Waals surface area contributed by atoms with Gasteiger partial charge in [-0.2, -0.15) is 18.4 Å². The molecule has 1 saturated carbocycles. The zero-order chi connectivity index (χ0) is 19.4. The van der Waals surface area contributed by atoms with Crippen molar-refractivity contribution < 1.29 is 18.0 Å². The topological polar surface area (TPSA) is 68.2 Å². The Hall–Kier alpha value is -2.43. The third kappa shape index (κ3) is 4.65. The van der Waals surface area contributed by atoms with Gasteiger partial charge < -0.3 is 15.5 Å². The molecule has 1 aromatic rings. The third-order valence-corrected chi connectivity index (χ3v) is 5.27. The first kappa shape index (κ1) is 19.3. The van der Waals surface area contributed by atoms with Gasteiger partial charge in [-0.25, -0.2) is 4.79 Å². The monoisotopic (exact) mass is 380 g/mol. The van der Waals surface area contributed by atoms with Gasteiger partial charge in [-0.3, -0.25) is 0 Å². The SMILES string of the molecule is N#CC1CCCCC1NC(=O)Nc1cc(C(F)(F)F)ccc1N1CCCC1. The van der Waals surface area contributed by atoms with Gasteiger partial charge in [-0.15, -0.1) is 0 Å². The molecule has 2 fully saturated rings. The molecule has 27 heavy (non-hydrogen) atoms. The molecule has 0 aromatic heterocycles. The van der Waals surface area contributed by atoms with Gasteiger partial charge in [0.05, 0.1) is 28.9 Å². The Morgan fingerprint density at radius 2 is 1.85 bits per heavy atom. The fourth-order valence-corrected chi connectivity index (χ4v) is 3.83. The Morgan fingerprint density at radius 1 is 1.15 bits per heavy atom. The van der Waals surface area contributed by atoms with Crippen LogP contribution in [0.2, 0.25) is 0 Å². The second-order valence-electron chi connectivity index (χ2n) is 7.15. The number of halogens is 3. The fraction of sp³-hybridized carbons (Fsp3) is 0.579. The molecular weight excluding hydrogens is 357 g/mol. The summed E-state index contributed by atoms with van der Waals surface area (Å²) in [6, 6.07) is 4.81. The standard InChI is InChI=1S/C19H23F3N4O/c20-19(21,22)14-7-8-17(26-9-3-4-10-26)16(11-14)25-18(27)24-15-6-2-1-5-13(15)12-23/h7-8,11,13,15H,1-6,9-10H2,(H2,24,25,27). The van der Waals surface area contributed by atoms with E-state index in [4.69, 9.17) is 0 Å². The molecule has 1 saturated heterocycles. The van der Waals surface area contributed by atoms with Crippen LogP contribution in [0.15, 0.2) is 18.2 Å². The molecule has 8 heteroatoms. The second-order valence-corrected chi connectivity index (χ2v) is 7.15.